The van der Waals surface area contributed by atoms with Crippen molar-refractivity contribution >= 4 is 22.3 Å². The van der Waals surface area contributed by atoms with Crippen LogP contribution in [-0.4, -0.2) is 22.0 Å². The maximum atomic E-state index is 12.1. The molecule has 0 atom stereocenters. The van der Waals surface area contributed by atoms with Crippen LogP contribution >= 0.6 is 11.3 Å². The number of imidazole rings is 1. The van der Waals surface area contributed by atoms with Gasteiger partial charge in [-0.25, -0.2) is 9.78 Å². The summed E-state index contributed by atoms with van der Waals surface area (Å²) in [5.41, 5.74) is 2.08. The number of carbonyl (C=O) groups excluding carboxylic acids is 1. The average Bonchev–Trinajstić information content (AvgIpc) is 2.99. The number of hydrogen-bond acceptors (Lipinski definition) is 4. The van der Waals surface area contributed by atoms with Gasteiger partial charge in [-0.15, -0.1) is 11.3 Å². The summed E-state index contributed by atoms with van der Waals surface area (Å²) in [6.07, 6.45) is 1.84. The molecule has 0 saturated heterocycles. The number of rotatable bonds is 3. The van der Waals surface area contributed by atoms with E-state index >= 15 is 0 Å². The zero-order chi connectivity index (χ0) is 13.2. The molecule has 19 heavy (non-hydrogen) atoms. The number of fused-ring (bicyclic) bond motifs is 1. The molecule has 2 heterocycles. The first-order valence-electron chi connectivity index (χ1n) is 5.99. The second-order valence-electron chi connectivity index (χ2n) is 3.95. The predicted octanol–water partition coefficient (Wildman–Crippen LogP) is 3.24. The van der Waals surface area contributed by atoms with Crippen molar-refractivity contribution in [3.8, 4) is 11.3 Å². The van der Waals surface area contributed by atoms with Gasteiger partial charge in [0.2, 0.25) is 0 Å². The maximum Gasteiger partial charge on any atom is 0.357 e. The third-order valence-electron chi connectivity index (χ3n) is 2.78. The zero-order valence-corrected chi connectivity index (χ0v) is 11.2. The van der Waals surface area contributed by atoms with Crippen LogP contribution in [0.1, 0.15) is 17.4 Å². The lowest BCUT2D eigenvalue weighted by molar-refractivity contribution is 0.0519. The fourth-order valence-electron chi connectivity index (χ4n) is 1.98. The van der Waals surface area contributed by atoms with Crippen molar-refractivity contribution in [3.05, 3.63) is 47.6 Å². The molecule has 3 aromatic rings. The van der Waals surface area contributed by atoms with E-state index in [0.717, 1.165) is 10.5 Å². The summed E-state index contributed by atoms with van der Waals surface area (Å²) in [7, 11) is 0. The first-order valence-corrected chi connectivity index (χ1v) is 6.87. The van der Waals surface area contributed by atoms with Crippen LogP contribution in [0.15, 0.2) is 41.9 Å². The lowest BCUT2D eigenvalue weighted by atomic mass is 10.1. The van der Waals surface area contributed by atoms with Gasteiger partial charge in [0, 0.05) is 17.1 Å². The molecule has 0 saturated carbocycles. The summed E-state index contributed by atoms with van der Waals surface area (Å²) in [4.78, 5) is 17.5. The van der Waals surface area contributed by atoms with Gasteiger partial charge in [0.25, 0.3) is 0 Å². The van der Waals surface area contributed by atoms with E-state index in [2.05, 4.69) is 4.98 Å². The highest BCUT2D eigenvalue weighted by Crippen LogP contribution is 2.27. The maximum absolute atomic E-state index is 12.1. The van der Waals surface area contributed by atoms with E-state index in [4.69, 9.17) is 4.74 Å². The molecule has 0 unspecified atom stereocenters. The molecule has 96 valence electrons. The number of carbonyl (C=O) groups is 1. The van der Waals surface area contributed by atoms with Crippen LogP contribution in [0.4, 0.5) is 0 Å². The molecular weight excluding hydrogens is 260 g/mol. The quantitative estimate of drug-likeness (QED) is 0.687. The molecular formula is C14H12N2O2S. The molecule has 5 heteroatoms. The number of nitrogens with zero attached hydrogens (tertiary/aromatic N) is 2. The van der Waals surface area contributed by atoms with E-state index in [1.807, 2.05) is 41.9 Å². The third kappa shape index (κ3) is 2.02. The Hall–Kier alpha value is -2.14. The Kier molecular flexibility index (Phi) is 3.05. The van der Waals surface area contributed by atoms with Gasteiger partial charge in [0.05, 0.1) is 6.61 Å². The fourth-order valence-corrected chi connectivity index (χ4v) is 2.69. The highest BCUT2D eigenvalue weighted by Gasteiger charge is 2.21. The van der Waals surface area contributed by atoms with Crippen LogP contribution in [0.25, 0.3) is 16.2 Å². The van der Waals surface area contributed by atoms with Crippen molar-refractivity contribution in [1.82, 2.24) is 9.38 Å². The van der Waals surface area contributed by atoms with Crippen molar-refractivity contribution in [2.24, 2.45) is 0 Å². The van der Waals surface area contributed by atoms with E-state index in [-0.39, 0.29) is 5.97 Å². The molecule has 0 aliphatic carbocycles. The molecule has 3 rings (SSSR count). The lowest BCUT2D eigenvalue weighted by Crippen LogP contribution is -2.08. The second-order valence-corrected chi connectivity index (χ2v) is 4.82. The van der Waals surface area contributed by atoms with Gasteiger partial charge >= 0.3 is 5.97 Å². The van der Waals surface area contributed by atoms with Gasteiger partial charge < -0.3 is 4.74 Å². The summed E-state index contributed by atoms with van der Waals surface area (Å²) in [6.45, 7) is 2.15. The number of ether oxygens (including phenoxy) is 1. The van der Waals surface area contributed by atoms with Gasteiger partial charge in [-0.1, -0.05) is 30.3 Å². The van der Waals surface area contributed by atoms with Gasteiger partial charge in [0.1, 0.15) is 5.69 Å². The topological polar surface area (TPSA) is 43.6 Å². The van der Waals surface area contributed by atoms with E-state index in [0.29, 0.717) is 18.0 Å². The number of hydrogen-bond donors (Lipinski definition) is 0. The molecule has 1 aromatic carbocycles. The first kappa shape index (κ1) is 11.9. The largest absolute Gasteiger partial charge is 0.461 e. The summed E-state index contributed by atoms with van der Waals surface area (Å²) in [6, 6.07) is 9.67. The Morgan fingerprint density at radius 3 is 2.89 bits per heavy atom. The number of thiazole rings is 1. The van der Waals surface area contributed by atoms with E-state index in [1.54, 1.807) is 11.3 Å². The molecule has 0 fully saturated rings. The molecule has 4 nitrogen and oxygen atoms in total. The summed E-state index contributed by atoms with van der Waals surface area (Å²) >= 11 is 1.50. The lowest BCUT2D eigenvalue weighted by Gasteiger charge is -2.03. The smallest absolute Gasteiger partial charge is 0.357 e. The standard InChI is InChI=1S/C14H12N2O2S/c1-2-18-13(17)12-11(10-6-4-3-5-7-10)15-14-16(12)8-9-19-14/h3-9H,2H2,1H3. The van der Waals surface area contributed by atoms with Crippen molar-refractivity contribution in [3.63, 3.8) is 0 Å². The Labute approximate surface area is 114 Å². The minimum atomic E-state index is -0.341. The summed E-state index contributed by atoms with van der Waals surface area (Å²) in [5, 5.41) is 1.90. The minimum absolute atomic E-state index is 0.341. The van der Waals surface area contributed by atoms with Crippen LogP contribution in [0, 0.1) is 0 Å². The second kappa shape index (κ2) is 4.85. The van der Waals surface area contributed by atoms with Crippen molar-refractivity contribution < 1.29 is 9.53 Å². The molecule has 0 amide bonds. The fraction of sp³-hybridized carbons (Fsp3) is 0.143. The van der Waals surface area contributed by atoms with Crippen molar-refractivity contribution in [2.45, 2.75) is 6.92 Å². The average molecular weight is 272 g/mol. The molecule has 2 aromatic heterocycles. The Bertz CT molecular complexity index is 715. The van der Waals surface area contributed by atoms with E-state index in [1.165, 1.54) is 11.3 Å². The molecule has 0 spiro atoms. The Balaban J connectivity index is 2.21. The minimum Gasteiger partial charge on any atom is -0.461 e. The zero-order valence-electron chi connectivity index (χ0n) is 10.4. The molecule has 0 N–H and O–H groups in total. The van der Waals surface area contributed by atoms with Gasteiger partial charge in [-0.2, -0.15) is 0 Å². The van der Waals surface area contributed by atoms with E-state index < -0.39 is 0 Å². The molecule has 0 aliphatic heterocycles. The van der Waals surface area contributed by atoms with Crippen LogP contribution in [0.5, 0.6) is 0 Å². The third-order valence-corrected chi connectivity index (χ3v) is 3.53. The van der Waals surface area contributed by atoms with Crippen LogP contribution in [0.3, 0.4) is 0 Å². The highest BCUT2D eigenvalue weighted by atomic mass is 32.1. The summed E-state index contributed by atoms with van der Waals surface area (Å²) < 4.78 is 6.91. The molecule has 0 radical (unpaired) electrons. The number of benzene rings is 1. The Morgan fingerprint density at radius 1 is 1.37 bits per heavy atom. The number of esters is 1. The first-order chi connectivity index (χ1) is 9.31. The molecule has 0 bridgehead atoms. The summed E-state index contributed by atoms with van der Waals surface area (Å²) in [5.74, 6) is -0.341. The van der Waals surface area contributed by atoms with Crippen LogP contribution in [0.2, 0.25) is 0 Å². The highest BCUT2D eigenvalue weighted by molar-refractivity contribution is 7.15. The predicted molar refractivity (Wildman–Crippen MR) is 74.5 cm³/mol. The van der Waals surface area contributed by atoms with Gasteiger partial charge in [-0.3, -0.25) is 4.40 Å². The monoisotopic (exact) mass is 272 g/mol. The number of aromatic nitrogens is 2. The van der Waals surface area contributed by atoms with Crippen molar-refractivity contribution in [1.29, 1.82) is 0 Å². The van der Waals surface area contributed by atoms with Crippen LogP contribution < -0.4 is 0 Å². The van der Waals surface area contributed by atoms with E-state index in [9.17, 15) is 4.79 Å². The SMILES string of the molecule is CCOC(=O)c1c(-c2ccccc2)nc2sccn12. The van der Waals surface area contributed by atoms with Crippen molar-refractivity contribution in [2.75, 3.05) is 6.61 Å². The molecule has 0 aliphatic rings. The Morgan fingerprint density at radius 2 is 2.16 bits per heavy atom. The van der Waals surface area contributed by atoms with Gasteiger partial charge in [0.15, 0.2) is 10.7 Å². The normalized spacial score (nSPS) is 10.8. The van der Waals surface area contributed by atoms with Crippen LogP contribution in [-0.2, 0) is 4.74 Å². The van der Waals surface area contributed by atoms with Gasteiger partial charge in [-0.05, 0) is 6.92 Å².